The first kappa shape index (κ1) is 20.3. The number of rotatable bonds is 5. The largest absolute Gasteiger partial charge is 0.465 e. The van der Waals surface area contributed by atoms with E-state index in [1.54, 1.807) is 13.0 Å². The molecule has 27 heavy (non-hydrogen) atoms. The van der Waals surface area contributed by atoms with Gasteiger partial charge in [0.1, 0.15) is 11.4 Å². The minimum Gasteiger partial charge on any atom is -0.465 e. The lowest BCUT2D eigenvalue weighted by atomic mass is 10.2. The third kappa shape index (κ3) is 4.21. The van der Waals surface area contributed by atoms with Crippen molar-refractivity contribution < 1.29 is 9.53 Å². The van der Waals surface area contributed by atoms with Crippen LogP contribution in [0, 0.1) is 0 Å². The van der Waals surface area contributed by atoms with Gasteiger partial charge < -0.3 is 4.74 Å². The first-order valence-electron chi connectivity index (χ1n) is 7.84. The lowest BCUT2D eigenvalue weighted by Crippen LogP contribution is -2.41. The Hall–Kier alpha value is -1.42. The molecule has 0 saturated carbocycles. The number of aromatic nitrogens is 2. The number of hydrogen-bond donors (Lipinski definition) is 0. The first-order valence-corrected chi connectivity index (χ1v) is 10.6. The predicted molar refractivity (Wildman–Crippen MR) is 113 cm³/mol. The molecule has 2 aromatic heterocycles. The summed E-state index contributed by atoms with van der Waals surface area (Å²) in [5.74, 6) is -0.554. The maximum absolute atomic E-state index is 13.0. The van der Waals surface area contributed by atoms with E-state index in [2.05, 4.69) is 31.9 Å². The van der Waals surface area contributed by atoms with Gasteiger partial charge in [0.2, 0.25) is 0 Å². The SMILES string of the molecule is CCOC(=O)Cn1c(=O)n(Cc2ccc(Br)c(Br)c2)c(=O)c2cc(Cl)sc21. The van der Waals surface area contributed by atoms with Crippen LogP contribution in [0.5, 0.6) is 0 Å². The summed E-state index contributed by atoms with van der Waals surface area (Å²) in [4.78, 5) is 38.1. The van der Waals surface area contributed by atoms with E-state index in [9.17, 15) is 14.4 Å². The van der Waals surface area contributed by atoms with Crippen LogP contribution in [0.4, 0.5) is 0 Å². The van der Waals surface area contributed by atoms with Crippen molar-refractivity contribution in [2.24, 2.45) is 0 Å². The van der Waals surface area contributed by atoms with Gasteiger partial charge in [-0.25, -0.2) is 4.79 Å². The van der Waals surface area contributed by atoms with Crippen LogP contribution in [0.25, 0.3) is 10.2 Å². The molecule has 0 unspecified atom stereocenters. The van der Waals surface area contributed by atoms with Crippen molar-refractivity contribution in [2.45, 2.75) is 20.0 Å². The third-order valence-corrected chi connectivity index (χ3v) is 6.95. The molecule has 0 radical (unpaired) electrons. The van der Waals surface area contributed by atoms with Crippen LogP contribution in [0.15, 0.2) is 42.8 Å². The zero-order chi connectivity index (χ0) is 19.7. The van der Waals surface area contributed by atoms with E-state index in [0.29, 0.717) is 14.6 Å². The number of ether oxygens (including phenoxy) is 1. The smallest absolute Gasteiger partial charge is 0.332 e. The molecule has 3 rings (SSSR count). The molecule has 6 nitrogen and oxygen atoms in total. The minimum absolute atomic E-state index is 0.0653. The average Bonchev–Trinajstić information content (AvgIpc) is 3.00. The average molecular weight is 537 g/mol. The number of nitrogens with zero attached hydrogens (tertiary/aromatic N) is 2. The lowest BCUT2D eigenvalue weighted by Gasteiger charge is -2.12. The Labute approximate surface area is 179 Å². The fourth-order valence-electron chi connectivity index (χ4n) is 2.61. The maximum atomic E-state index is 13.0. The minimum atomic E-state index is -0.585. The molecule has 3 aromatic rings. The Balaban J connectivity index is 2.17. The zero-order valence-corrected chi connectivity index (χ0v) is 18.7. The van der Waals surface area contributed by atoms with Crippen molar-refractivity contribution in [3.05, 3.63) is 63.9 Å². The van der Waals surface area contributed by atoms with Gasteiger partial charge in [-0.15, -0.1) is 11.3 Å². The lowest BCUT2D eigenvalue weighted by molar-refractivity contribution is -0.143. The normalized spacial score (nSPS) is 11.1. The van der Waals surface area contributed by atoms with Crippen molar-refractivity contribution in [1.29, 1.82) is 0 Å². The molecule has 0 N–H and O–H groups in total. The molecule has 2 heterocycles. The third-order valence-electron chi connectivity index (χ3n) is 3.78. The van der Waals surface area contributed by atoms with Crippen molar-refractivity contribution in [3.8, 4) is 0 Å². The zero-order valence-electron chi connectivity index (χ0n) is 14.0. The van der Waals surface area contributed by atoms with Crippen LogP contribution in [0.3, 0.4) is 0 Å². The van der Waals surface area contributed by atoms with E-state index in [-0.39, 0.29) is 19.7 Å². The molecule has 0 amide bonds. The summed E-state index contributed by atoms with van der Waals surface area (Å²) < 4.78 is 9.31. The second kappa shape index (κ2) is 8.30. The molecule has 0 aliphatic carbocycles. The molecule has 0 spiro atoms. The van der Waals surface area contributed by atoms with Gasteiger partial charge in [0, 0.05) is 8.95 Å². The molecule has 0 aliphatic heterocycles. The quantitative estimate of drug-likeness (QED) is 0.462. The molecule has 0 saturated heterocycles. The summed E-state index contributed by atoms with van der Waals surface area (Å²) in [5.41, 5.74) is -0.275. The van der Waals surface area contributed by atoms with Gasteiger partial charge >= 0.3 is 11.7 Å². The molecule has 0 bridgehead atoms. The summed E-state index contributed by atoms with van der Waals surface area (Å²) in [6.07, 6.45) is 0. The summed E-state index contributed by atoms with van der Waals surface area (Å²) >= 11 is 13.9. The standard InChI is InChI=1S/C17H13Br2ClN2O4S/c1-2-26-14(23)8-22-16-10(6-13(20)27-16)15(24)21(17(22)25)7-9-3-4-11(18)12(19)5-9/h3-6H,2,7-8H2,1H3. The van der Waals surface area contributed by atoms with E-state index in [4.69, 9.17) is 16.3 Å². The van der Waals surface area contributed by atoms with E-state index in [1.807, 2.05) is 12.1 Å². The Morgan fingerprint density at radius 2 is 1.93 bits per heavy atom. The first-order chi connectivity index (χ1) is 12.8. The second-order valence-corrected chi connectivity index (χ2v) is 8.95. The Bertz CT molecular complexity index is 1150. The van der Waals surface area contributed by atoms with E-state index in [0.717, 1.165) is 30.4 Å². The van der Waals surface area contributed by atoms with Crippen molar-refractivity contribution >= 4 is 71.0 Å². The van der Waals surface area contributed by atoms with E-state index in [1.165, 1.54) is 10.6 Å². The molecule has 142 valence electrons. The number of carbonyl (C=O) groups is 1. The molecule has 0 fully saturated rings. The Kier molecular flexibility index (Phi) is 6.25. The number of thiophene rings is 1. The highest BCUT2D eigenvalue weighted by Gasteiger charge is 2.18. The van der Waals surface area contributed by atoms with Crippen molar-refractivity contribution in [2.75, 3.05) is 6.61 Å². The van der Waals surface area contributed by atoms with Gasteiger partial charge in [-0.2, -0.15) is 0 Å². The highest BCUT2D eigenvalue weighted by molar-refractivity contribution is 9.13. The fraction of sp³-hybridized carbons (Fsp3) is 0.235. The molecule has 10 heteroatoms. The number of benzene rings is 1. The summed E-state index contributed by atoms with van der Waals surface area (Å²) in [6, 6.07) is 6.96. The van der Waals surface area contributed by atoms with Crippen LogP contribution in [-0.2, 0) is 22.6 Å². The Morgan fingerprint density at radius 1 is 1.19 bits per heavy atom. The van der Waals surface area contributed by atoms with Crippen molar-refractivity contribution in [1.82, 2.24) is 9.13 Å². The molecular weight excluding hydrogens is 524 g/mol. The fourth-order valence-corrected chi connectivity index (χ4v) is 4.48. The van der Waals surface area contributed by atoms with Crippen LogP contribution < -0.4 is 11.2 Å². The van der Waals surface area contributed by atoms with E-state index < -0.39 is 17.2 Å². The number of fused-ring (bicyclic) bond motifs is 1. The van der Waals surface area contributed by atoms with Crippen LogP contribution >= 0.6 is 54.8 Å². The predicted octanol–water partition coefficient (Wildman–Crippen LogP) is 4.01. The van der Waals surface area contributed by atoms with E-state index >= 15 is 0 Å². The number of hydrogen-bond acceptors (Lipinski definition) is 5. The maximum Gasteiger partial charge on any atom is 0.332 e. The van der Waals surface area contributed by atoms with Crippen LogP contribution in [0.1, 0.15) is 12.5 Å². The number of carbonyl (C=O) groups excluding carboxylic acids is 1. The van der Waals surface area contributed by atoms with Gasteiger partial charge in [0.05, 0.1) is 22.9 Å². The highest BCUT2D eigenvalue weighted by atomic mass is 79.9. The summed E-state index contributed by atoms with van der Waals surface area (Å²) in [6.45, 7) is 1.67. The topological polar surface area (TPSA) is 70.3 Å². The van der Waals surface area contributed by atoms with Gasteiger partial charge in [-0.05, 0) is 62.5 Å². The van der Waals surface area contributed by atoms with Gasteiger partial charge in [0.15, 0.2) is 0 Å². The second-order valence-electron chi connectivity index (χ2n) is 5.58. The Morgan fingerprint density at radius 3 is 2.59 bits per heavy atom. The van der Waals surface area contributed by atoms with Gasteiger partial charge in [-0.1, -0.05) is 17.7 Å². The van der Waals surface area contributed by atoms with Gasteiger partial charge in [0.25, 0.3) is 5.56 Å². The highest BCUT2D eigenvalue weighted by Crippen LogP contribution is 2.27. The molecule has 1 aromatic carbocycles. The van der Waals surface area contributed by atoms with Crippen molar-refractivity contribution in [3.63, 3.8) is 0 Å². The summed E-state index contributed by atoms with van der Waals surface area (Å²) in [7, 11) is 0. The monoisotopic (exact) mass is 534 g/mol. The van der Waals surface area contributed by atoms with Crippen LogP contribution in [0.2, 0.25) is 4.34 Å². The molecular formula is C17H13Br2ClN2O4S. The van der Waals surface area contributed by atoms with Crippen LogP contribution in [-0.4, -0.2) is 21.7 Å². The summed E-state index contributed by atoms with van der Waals surface area (Å²) in [5, 5.41) is 0.296. The number of esters is 1. The van der Waals surface area contributed by atoms with Gasteiger partial charge in [-0.3, -0.25) is 18.7 Å². The molecule has 0 aliphatic rings. The number of halogens is 3. The molecule has 0 atom stereocenters.